The summed E-state index contributed by atoms with van der Waals surface area (Å²) in [5, 5.41) is 3.32. The van der Waals surface area contributed by atoms with Crippen LogP contribution in [0.5, 0.6) is 5.75 Å². The van der Waals surface area contributed by atoms with Crippen molar-refractivity contribution in [3.63, 3.8) is 0 Å². The maximum Gasteiger partial charge on any atom is 0.122 e. The zero-order valence-electron chi connectivity index (χ0n) is 10.2. The molecule has 90 valence electrons. The fourth-order valence-corrected chi connectivity index (χ4v) is 1.53. The molecule has 3 nitrogen and oxygen atoms in total. The molecule has 0 heterocycles. The number of nitrogens with one attached hydrogen (secondary N) is 1. The van der Waals surface area contributed by atoms with Crippen LogP contribution in [-0.4, -0.2) is 33.4 Å². The Morgan fingerprint density at radius 2 is 2.00 bits per heavy atom. The third kappa shape index (κ3) is 4.64. The van der Waals surface area contributed by atoms with Crippen molar-refractivity contribution in [2.24, 2.45) is 0 Å². The maximum absolute atomic E-state index is 5.56. The number of para-hydroxylation sites is 1. The number of hydrogen-bond acceptors (Lipinski definition) is 3. The lowest BCUT2D eigenvalue weighted by molar-refractivity contribution is 0.199. The normalized spacial score (nSPS) is 10.4. The van der Waals surface area contributed by atoms with Gasteiger partial charge in [-0.15, -0.1) is 0 Å². The summed E-state index contributed by atoms with van der Waals surface area (Å²) < 4.78 is 10.5. The maximum atomic E-state index is 5.56. The van der Waals surface area contributed by atoms with Crippen LogP contribution in [0.25, 0.3) is 0 Å². The van der Waals surface area contributed by atoms with Crippen LogP contribution in [-0.2, 0) is 11.2 Å². The molecule has 0 saturated carbocycles. The molecule has 0 atom stereocenters. The first kappa shape index (κ1) is 13.0. The molecule has 0 aliphatic heterocycles. The molecule has 1 aromatic carbocycles. The number of rotatable bonds is 8. The lowest BCUT2D eigenvalue weighted by Crippen LogP contribution is -2.21. The second kappa shape index (κ2) is 8.13. The van der Waals surface area contributed by atoms with Crippen LogP contribution in [0.15, 0.2) is 24.3 Å². The highest BCUT2D eigenvalue weighted by molar-refractivity contribution is 5.33. The van der Waals surface area contributed by atoms with E-state index in [1.54, 1.807) is 7.11 Å². The summed E-state index contributed by atoms with van der Waals surface area (Å²) in [6.07, 6.45) is 0.986. The highest BCUT2D eigenvalue weighted by atomic mass is 16.5. The van der Waals surface area contributed by atoms with Crippen LogP contribution in [0.2, 0.25) is 0 Å². The van der Waals surface area contributed by atoms with E-state index in [-0.39, 0.29) is 0 Å². The molecular weight excluding hydrogens is 202 g/mol. The Hall–Kier alpha value is -1.06. The molecule has 0 spiro atoms. The van der Waals surface area contributed by atoms with E-state index >= 15 is 0 Å². The van der Waals surface area contributed by atoms with Gasteiger partial charge in [0.15, 0.2) is 0 Å². The minimum absolute atomic E-state index is 0.716. The van der Waals surface area contributed by atoms with Gasteiger partial charge in [0.05, 0.1) is 13.2 Å². The fraction of sp³-hybridized carbons (Fsp3) is 0.538. The number of benzene rings is 1. The van der Waals surface area contributed by atoms with Crippen LogP contribution >= 0.6 is 0 Å². The molecule has 0 saturated heterocycles. The smallest absolute Gasteiger partial charge is 0.122 e. The van der Waals surface area contributed by atoms with Crippen LogP contribution in [0.4, 0.5) is 0 Å². The fourth-order valence-electron chi connectivity index (χ4n) is 1.53. The summed E-state index contributed by atoms with van der Waals surface area (Å²) in [6.45, 7) is 5.33. The van der Waals surface area contributed by atoms with E-state index in [1.165, 1.54) is 5.56 Å². The quantitative estimate of drug-likeness (QED) is 0.682. The largest absolute Gasteiger partial charge is 0.494 e. The van der Waals surface area contributed by atoms with Crippen LogP contribution < -0.4 is 10.1 Å². The first-order valence-corrected chi connectivity index (χ1v) is 5.78. The van der Waals surface area contributed by atoms with Crippen molar-refractivity contribution < 1.29 is 9.47 Å². The van der Waals surface area contributed by atoms with E-state index in [4.69, 9.17) is 9.47 Å². The molecule has 0 aromatic heterocycles. The summed E-state index contributed by atoms with van der Waals surface area (Å²) in [5.74, 6) is 0.999. The molecule has 3 heteroatoms. The van der Waals surface area contributed by atoms with E-state index in [1.807, 2.05) is 25.1 Å². The summed E-state index contributed by atoms with van der Waals surface area (Å²) in [4.78, 5) is 0. The molecule has 0 unspecified atom stereocenters. The Labute approximate surface area is 97.8 Å². The zero-order valence-corrected chi connectivity index (χ0v) is 10.2. The summed E-state index contributed by atoms with van der Waals surface area (Å²) in [5.41, 5.74) is 1.26. The van der Waals surface area contributed by atoms with Gasteiger partial charge in [-0.05, 0) is 31.5 Å². The van der Waals surface area contributed by atoms with E-state index in [0.717, 1.165) is 31.9 Å². The van der Waals surface area contributed by atoms with Crippen LogP contribution in [0.1, 0.15) is 12.5 Å². The predicted molar refractivity (Wildman–Crippen MR) is 66.1 cm³/mol. The SMILES string of the molecule is CCOc1ccccc1CCNCCOC. The van der Waals surface area contributed by atoms with Crippen LogP contribution in [0.3, 0.4) is 0 Å². The van der Waals surface area contributed by atoms with Crippen molar-refractivity contribution in [2.75, 3.05) is 33.4 Å². The van der Waals surface area contributed by atoms with Gasteiger partial charge in [-0.2, -0.15) is 0 Å². The summed E-state index contributed by atoms with van der Waals surface area (Å²) in [7, 11) is 1.71. The molecule has 1 rings (SSSR count). The second-order valence-electron chi connectivity index (χ2n) is 3.53. The zero-order chi connectivity index (χ0) is 11.6. The van der Waals surface area contributed by atoms with E-state index in [2.05, 4.69) is 11.4 Å². The first-order chi connectivity index (χ1) is 7.88. The van der Waals surface area contributed by atoms with E-state index < -0.39 is 0 Å². The standard InChI is InChI=1S/C13H21NO2/c1-3-16-13-7-5-4-6-12(13)8-9-14-10-11-15-2/h4-7,14H,3,8-11H2,1-2H3. The molecule has 16 heavy (non-hydrogen) atoms. The molecule has 0 bridgehead atoms. The number of ether oxygens (including phenoxy) is 2. The Morgan fingerprint density at radius 1 is 1.19 bits per heavy atom. The Morgan fingerprint density at radius 3 is 2.75 bits per heavy atom. The minimum atomic E-state index is 0.716. The minimum Gasteiger partial charge on any atom is -0.494 e. The first-order valence-electron chi connectivity index (χ1n) is 5.78. The monoisotopic (exact) mass is 223 g/mol. The van der Waals surface area contributed by atoms with Gasteiger partial charge >= 0.3 is 0 Å². The lowest BCUT2D eigenvalue weighted by atomic mass is 10.1. The number of hydrogen-bond donors (Lipinski definition) is 1. The van der Waals surface area contributed by atoms with Crippen molar-refractivity contribution in [3.8, 4) is 5.75 Å². The molecule has 0 amide bonds. The second-order valence-corrected chi connectivity index (χ2v) is 3.53. The third-order valence-corrected chi connectivity index (χ3v) is 2.33. The lowest BCUT2D eigenvalue weighted by Gasteiger charge is -2.10. The van der Waals surface area contributed by atoms with Crippen molar-refractivity contribution in [3.05, 3.63) is 29.8 Å². The van der Waals surface area contributed by atoms with Crippen molar-refractivity contribution in [2.45, 2.75) is 13.3 Å². The molecular formula is C13H21NO2. The Bertz CT molecular complexity index is 289. The molecule has 1 N–H and O–H groups in total. The van der Waals surface area contributed by atoms with E-state index in [0.29, 0.717) is 6.61 Å². The summed E-state index contributed by atoms with van der Waals surface area (Å²) >= 11 is 0. The average molecular weight is 223 g/mol. The van der Waals surface area contributed by atoms with E-state index in [9.17, 15) is 0 Å². The number of methoxy groups -OCH3 is 1. The van der Waals surface area contributed by atoms with Crippen molar-refractivity contribution in [1.29, 1.82) is 0 Å². The molecule has 0 radical (unpaired) electrons. The van der Waals surface area contributed by atoms with Crippen molar-refractivity contribution >= 4 is 0 Å². The molecule has 1 aromatic rings. The highest BCUT2D eigenvalue weighted by Crippen LogP contribution is 2.17. The molecule has 0 fully saturated rings. The molecule has 0 aliphatic carbocycles. The van der Waals surface area contributed by atoms with Gasteiger partial charge in [-0.1, -0.05) is 18.2 Å². The van der Waals surface area contributed by atoms with Gasteiger partial charge in [-0.25, -0.2) is 0 Å². The summed E-state index contributed by atoms with van der Waals surface area (Å²) in [6, 6.07) is 8.19. The van der Waals surface area contributed by atoms with Crippen LogP contribution in [0, 0.1) is 0 Å². The Kier molecular flexibility index (Phi) is 6.61. The van der Waals surface area contributed by atoms with Gasteiger partial charge in [0, 0.05) is 13.7 Å². The van der Waals surface area contributed by atoms with Gasteiger partial charge in [0.25, 0.3) is 0 Å². The van der Waals surface area contributed by atoms with Gasteiger partial charge < -0.3 is 14.8 Å². The predicted octanol–water partition coefficient (Wildman–Crippen LogP) is 1.86. The third-order valence-electron chi connectivity index (χ3n) is 2.33. The topological polar surface area (TPSA) is 30.5 Å². The van der Waals surface area contributed by atoms with Crippen molar-refractivity contribution in [1.82, 2.24) is 5.32 Å². The van der Waals surface area contributed by atoms with Gasteiger partial charge in [-0.3, -0.25) is 0 Å². The Balaban J connectivity index is 2.34. The average Bonchev–Trinajstić information content (AvgIpc) is 2.31. The van der Waals surface area contributed by atoms with Gasteiger partial charge in [0.1, 0.15) is 5.75 Å². The van der Waals surface area contributed by atoms with Gasteiger partial charge in [0.2, 0.25) is 0 Å². The molecule has 0 aliphatic rings. The highest BCUT2D eigenvalue weighted by Gasteiger charge is 2.01.